The summed E-state index contributed by atoms with van der Waals surface area (Å²) in [4.78, 5) is 0. The quantitative estimate of drug-likeness (QED) is 0.210. The number of methoxy groups -OCH3 is 1. The highest BCUT2D eigenvalue weighted by molar-refractivity contribution is 8.00. The lowest BCUT2D eigenvalue weighted by Gasteiger charge is -2.49. The van der Waals surface area contributed by atoms with Crippen molar-refractivity contribution in [2.75, 3.05) is 20.3 Å². The van der Waals surface area contributed by atoms with Crippen LogP contribution in [0.5, 0.6) is 0 Å². The fourth-order valence-electron chi connectivity index (χ4n) is 6.08. The van der Waals surface area contributed by atoms with Gasteiger partial charge in [-0.15, -0.1) is 28.5 Å². The molecule has 244 valence electrons. The van der Waals surface area contributed by atoms with E-state index in [1.54, 1.807) is 5.01 Å². The van der Waals surface area contributed by atoms with Crippen LogP contribution >= 0.6 is 23.4 Å². The molecule has 10 nitrogen and oxygen atoms in total. The summed E-state index contributed by atoms with van der Waals surface area (Å²) < 4.78 is 82.8. The predicted octanol–water partition coefficient (Wildman–Crippen LogP) is 3.34. The molecule has 3 aliphatic rings. The van der Waals surface area contributed by atoms with E-state index in [0.717, 1.165) is 23.9 Å². The van der Waals surface area contributed by atoms with Crippen molar-refractivity contribution in [3.05, 3.63) is 35.8 Å². The molecule has 0 spiro atoms. The van der Waals surface area contributed by atoms with Gasteiger partial charge in [0.25, 0.3) is 0 Å². The molecule has 1 aromatic carbocycles. The monoisotopic (exact) mass is 669 g/mol. The van der Waals surface area contributed by atoms with E-state index in [-0.39, 0.29) is 24.1 Å². The first-order valence-corrected chi connectivity index (χ1v) is 15.4. The number of halogens is 6. The van der Waals surface area contributed by atoms with Gasteiger partial charge < -0.3 is 24.8 Å². The molecule has 0 amide bonds. The van der Waals surface area contributed by atoms with Crippen LogP contribution in [0, 0.1) is 17.5 Å². The number of alkyl halides is 3. The number of thioether (sulfide) groups is 1. The number of aliphatic hydroxyl groups is 3. The summed E-state index contributed by atoms with van der Waals surface area (Å²) in [5.74, 6) is -7.41. The van der Waals surface area contributed by atoms with E-state index in [1.807, 2.05) is 6.92 Å². The molecule has 3 heterocycles. The van der Waals surface area contributed by atoms with Crippen molar-refractivity contribution in [3.63, 3.8) is 0 Å². The number of rotatable bonds is 9. The Morgan fingerprint density at radius 3 is 2.43 bits per heavy atom. The standard InChI is InChI=1S/C27H33ClF5N5O5S/c1-3-37-20(14(28)10-34-37)24(26(41)4-6-27(32,33)7-5-26)44-25-23(42-2)21(22(40)18(12-39)43-25)38-11-17(35-36-38)13-8-15(29)19(31)16(30)9-13/h8-11,14,18,20-25,39-41H,3-7,12H2,1-2H3/t14?,18-,20?,21+,22+,23-,24+,25+/m1/s1. The first kappa shape index (κ1) is 33.3. The highest BCUT2D eigenvalue weighted by Gasteiger charge is 2.56. The minimum atomic E-state index is -2.92. The molecule has 8 atom stereocenters. The number of hydrogen-bond donors (Lipinski definition) is 3. The molecule has 3 N–H and O–H groups in total. The van der Waals surface area contributed by atoms with E-state index in [9.17, 15) is 37.3 Å². The van der Waals surface area contributed by atoms with E-state index in [0.29, 0.717) is 6.54 Å². The maximum atomic E-state index is 14.2. The van der Waals surface area contributed by atoms with Crippen molar-refractivity contribution in [2.45, 2.75) is 90.6 Å². The maximum Gasteiger partial charge on any atom is 0.248 e. The van der Waals surface area contributed by atoms with Crippen LogP contribution in [0.15, 0.2) is 23.4 Å². The molecule has 0 radical (unpaired) electrons. The SMILES string of the molecule is CCN1N=CC(Cl)C1[C@H](S[C@@H]1O[C@H](CO)[C@H](O)[C@H](n2cc(-c3cc(F)c(F)c(F)c3)nn2)[C@H]1OC)C1(O)CCC(F)(F)CC1. The molecule has 2 unspecified atom stereocenters. The van der Waals surface area contributed by atoms with Crippen LogP contribution in [-0.4, -0.2) is 114 Å². The van der Waals surface area contributed by atoms with Gasteiger partial charge >= 0.3 is 0 Å². The van der Waals surface area contributed by atoms with Crippen molar-refractivity contribution >= 4 is 29.6 Å². The lowest BCUT2D eigenvalue weighted by atomic mass is 9.78. The summed E-state index contributed by atoms with van der Waals surface area (Å²) in [6.07, 6.45) is -2.33. The predicted molar refractivity (Wildman–Crippen MR) is 151 cm³/mol. The highest BCUT2D eigenvalue weighted by Crippen LogP contribution is 2.49. The Balaban J connectivity index is 1.49. The van der Waals surface area contributed by atoms with Gasteiger partial charge in [0.2, 0.25) is 5.92 Å². The van der Waals surface area contributed by atoms with E-state index in [4.69, 9.17) is 21.1 Å². The largest absolute Gasteiger partial charge is 0.394 e. The molecule has 1 saturated heterocycles. The number of aromatic nitrogens is 3. The van der Waals surface area contributed by atoms with Crippen LogP contribution < -0.4 is 0 Å². The molecule has 2 fully saturated rings. The topological polar surface area (TPSA) is 125 Å². The molecular weight excluding hydrogens is 637 g/mol. The fraction of sp³-hybridized carbons (Fsp3) is 0.667. The fourth-order valence-corrected chi connectivity index (χ4v) is 8.37. The second-order valence-corrected chi connectivity index (χ2v) is 13.0. The number of ether oxygens (including phenoxy) is 2. The minimum absolute atomic E-state index is 0.0388. The Labute approximate surface area is 259 Å². The smallest absolute Gasteiger partial charge is 0.248 e. The van der Waals surface area contributed by atoms with E-state index in [2.05, 4.69) is 15.4 Å². The highest BCUT2D eigenvalue weighted by atomic mass is 35.5. The number of nitrogens with zero attached hydrogens (tertiary/aromatic N) is 5. The van der Waals surface area contributed by atoms with Crippen LogP contribution in [0.25, 0.3) is 11.3 Å². The Morgan fingerprint density at radius 1 is 1.18 bits per heavy atom. The van der Waals surface area contributed by atoms with Crippen LogP contribution in [0.1, 0.15) is 38.6 Å². The van der Waals surface area contributed by atoms with E-state index >= 15 is 0 Å². The van der Waals surface area contributed by atoms with E-state index in [1.165, 1.54) is 24.2 Å². The maximum absolute atomic E-state index is 14.2. The zero-order valence-electron chi connectivity index (χ0n) is 23.7. The average molecular weight is 670 g/mol. The summed E-state index contributed by atoms with van der Waals surface area (Å²) in [6.45, 7) is 1.62. The third-order valence-electron chi connectivity index (χ3n) is 8.51. The molecule has 1 saturated carbocycles. The van der Waals surface area contributed by atoms with Crippen molar-refractivity contribution in [2.24, 2.45) is 5.10 Å². The summed E-state index contributed by atoms with van der Waals surface area (Å²) in [6, 6.07) is -0.204. The third kappa shape index (κ3) is 6.31. The normalized spacial score (nSPS) is 32.2. The van der Waals surface area contributed by atoms with Gasteiger partial charge in [0.15, 0.2) is 17.5 Å². The van der Waals surface area contributed by atoms with Crippen molar-refractivity contribution in [1.29, 1.82) is 0 Å². The van der Waals surface area contributed by atoms with Crippen molar-refractivity contribution in [1.82, 2.24) is 20.0 Å². The van der Waals surface area contributed by atoms with Crippen molar-refractivity contribution < 1.29 is 46.7 Å². The first-order valence-electron chi connectivity index (χ1n) is 14.1. The van der Waals surface area contributed by atoms with Gasteiger partial charge in [0.05, 0.1) is 35.1 Å². The van der Waals surface area contributed by atoms with Gasteiger partial charge in [-0.25, -0.2) is 26.6 Å². The van der Waals surface area contributed by atoms with Gasteiger partial charge in [0.1, 0.15) is 35.5 Å². The van der Waals surface area contributed by atoms with Crippen LogP contribution in [0.2, 0.25) is 0 Å². The average Bonchev–Trinajstić information content (AvgIpc) is 3.63. The lowest BCUT2D eigenvalue weighted by Crippen LogP contribution is -2.60. The van der Waals surface area contributed by atoms with Gasteiger partial charge in [-0.2, -0.15) is 5.10 Å². The van der Waals surface area contributed by atoms with Crippen molar-refractivity contribution in [3.8, 4) is 11.3 Å². The Kier molecular flexibility index (Phi) is 9.81. The number of aliphatic hydroxyl groups excluding tert-OH is 2. The van der Waals surface area contributed by atoms with Crippen LogP contribution in [-0.2, 0) is 9.47 Å². The molecule has 5 rings (SSSR count). The van der Waals surface area contributed by atoms with Gasteiger partial charge in [-0.05, 0) is 31.9 Å². The summed E-state index contributed by atoms with van der Waals surface area (Å²) in [5, 5.41) is 45.7. The third-order valence-corrected chi connectivity index (χ3v) is 10.5. The molecule has 2 aromatic rings. The Hall–Kier alpha value is -2.08. The number of hydrazone groups is 1. The van der Waals surface area contributed by atoms with Gasteiger partial charge in [0, 0.05) is 38.3 Å². The van der Waals surface area contributed by atoms with Crippen LogP contribution in [0.3, 0.4) is 0 Å². The molecule has 17 heteroatoms. The van der Waals surface area contributed by atoms with Gasteiger partial charge in [-0.3, -0.25) is 5.01 Å². The first-order chi connectivity index (χ1) is 20.8. The molecular formula is C27H33ClF5N5O5S. The molecule has 2 aliphatic heterocycles. The second-order valence-electron chi connectivity index (χ2n) is 11.2. The summed E-state index contributed by atoms with van der Waals surface area (Å²) in [5.41, 5.74) is -2.77. The second kappa shape index (κ2) is 13.0. The Bertz CT molecular complexity index is 1330. The minimum Gasteiger partial charge on any atom is -0.394 e. The van der Waals surface area contributed by atoms with Crippen LogP contribution in [0.4, 0.5) is 22.0 Å². The van der Waals surface area contributed by atoms with E-state index < -0.39 is 94.9 Å². The Morgan fingerprint density at radius 2 is 1.84 bits per heavy atom. The zero-order valence-corrected chi connectivity index (χ0v) is 25.3. The lowest BCUT2D eigenvalue weighted by molar-refractivity contribution is -0.186. The summed E-state index contributed by atoms with van der Waals surface area (Å²) >= 11 is 7.73. The number of benzene rings is 1. The molecule has 1 aromatic heterocycles. The molecule has 0 bridgehead atoms. The molecule has 1 aliphatic carbocycles. The molecule has 44 heavy (non-hydrogen) atoms. The van der Waals surface area contributed by atoms with Gasteiger partial charge in [-0.1, -0.05) is 5.21 Å². The number of hydrogen-bond acceptors (Lipinski definition) is 10. The summed E-state index contributed by atoms with van der Waals surface area (Å²) in [7, 11) is 1.34. The zero-order chi connectivity index (χ0) is 32.0.